The fourth-order valence-corrected chi connectivity index (χ4v) is 2.59. The van der Waals surface area contributed by atoms with Crippen molar-refractivity contribution in [1.82, 2.24) is 9.88 Å². The first kappa shape index (κ1) is 16.8. The molecule has 0 saturated carbocycles. The number of fused-ring (bicyclic) bond motifs is 1. The van der Waals surface area contributed by atoms with E-state index in [4.69, 9.17) is 17.3 Å². The number of pyridine rings is 1. The number of likely N-dealkylation sites (N-methyl/N-ethyl adjacent to an activating group) is 1. The van der Waals surface area contributed by atoms with E-state index >= 15 is 0 Å². The lowest BCUT2D eigenvalue weighted by atomic mass is 10.1. The zero-order valence-corrected chi connectivity index (χ0v) is 13.8. The van der Waals surface area contributed by atoms with E-state index in [0.717, 1.165) is 24.2 Å². The van der Waals surface area contributed by atoms with Crippen LogP contribution in [0, 0.1) is 0 Å². The summed E-state index contributed by atoms with van der Waals surface area (Å²) in [4.78, 5) is 6.47. The predicted octanol–water partition coefficient (Wildman–Crippen LogP) is 2.58. The molecule has 2 rings (SSSR count). The predicted molar refractivity (Wildman–Crippen MR) is 93.4 cm³/mol. The van der Waals surface area contributed by atoms with Crippen LogP contribution in [0.25, 0.3) is 10.9 Å². The second-order valence-electron chi connectivity index (χ2n) is 5.24. The van der Waals surface area contributed by atoms with Gasteiger partial charge < -0.3 is 21.1 Å². The Balaban J connectivity index is 2.10. The van der Waals surface area contributed by atoms with Gasteiger partial charge in [0.25, 0.3) is 0 Å². The number of nitrogens with one attached hydrogen (secondary N) is 1. The lowest BCUT2D eigenvalue weighted by Crippen LogP contribution is -2.35. The first-order chi connectivity index (χ1) is 10.6. The summed E-state index contributed by atoms with van der Waals surface area (Å²) < 4.78 is 0. The number of halogens is 1. The van der Waals surface area contributed by atoms with Crippen LogP contribution in [0.1, 0.15) is 13.8 Å². The summed E-state index contributed by atoms with van der Waals surface area (Å²) in [7, 11) is 0. The van der Waals surface area contributed by atoms with E-state index in [1.807, 2.05) is 12.1 Å². The Morgan fingerprint density at radius 2 is 2.05 bits per heavy atom. The highest BCUT2D eigenvalue weighted by molar-refractivity contribution is 6.34. The van der Waals surface area contributed by atoms with E-state index in [-0.39, 0.29) is 0 Å². The molecule has 0 fully saturated rings. The van der Waals surface area contributed by atoms with Gasteiger partial charge in [0, 0.05) is 30.4 Å². The molecule has 0 bridgehead atoms. The van der Waals surface area contributed by atoms with E-state index in [9.17, 15) is 5.11 Å². The van der Waals surface area contributed by atoms with Gasteiger partial charge in [0.05, 0.1) is 22.3 Å². The van der Waals surface area contributed by atoms with Crippen molar-refractivity contribution in [3.8, 4) is 0 Å². The summed E-state index contributed by atoms with van der Waals surface area (Å²) in [6, 6.07) is 5.53. The van der Waals surface area contributed by atoms with Crippen LogP contribution in [0.4, 0.5) is 11.4 Å². The molecule has 1 aromatic carbocycles. The Hall–Kier alpha value is -1.56. The monoisotopic (exact) mass is 322 g/mol. The molecule has 1 aromatic heterocycles. The number of hydrogen-bond donors (Lipinski definition) is 3. The molecule has 0 aliphatic carbocycles. The van der Waals surface area contributed by atoms with Crippen LogP contribution in [0.3, 0.4) is 0 Å². The fourth-order valence-electron chi connectivity index (χ4n) is 2.44. The zero-order chi connectivity index (χ0) is 16.1. The van der Waals surface area contributed by atoms with Gasteiger partial charge in [0.15, 0.2) is 0 Å². The Kier molecular flexibility index (Phi) is 5.83. The minimum atomic E-state index is -0.437. The standard InChI is InChI=1S/C16H23ClN4O/c1-3-21(4-2)10-11(22)9-20-14-7-8-19-16-12(14)5-6-13(17)15(16)18/h5-8,11,22H,3-4,9-10,18H2,1-2H3,(H,19,20)/t11-/m0/s1. The highest BCUT2D eigenvalue weighted by atomic mass is 35.5. The summed E-state index contributed by atoms with van der Waals surface area (Å²) in [5.74, 6) is 0. The average Bonchev–Trinajstić information content (AvgIpc) is 2.54. The molecule has 6 heteroatoms. The van der Waals surface area contributed by atoms with Crippen LogP contribution in [0.15, 0.2) is 24.4 Å². The minimum absolute atomic E-state index is 0.437. The van der Waals surface area contributed by atoms with Crippen LogP contribution in [-0.4, -0.2) is 47.3 Å². The highest BCUT2D eigenvalue weighted by Gasteiger charge is 2.11. The number of nitrogens with two attached hydrogens (primary N) is 1. The van der Waals surface area contributed by atoms with Gasteiger partial charge in [-0.05, 0) is 31.3 Å². The molecular weight excluding hydrogens is 300 g/mol. The van der Waals surface area contributed by atoms with Crippen LogP contribution in [0.5, 0.6) is 0 Å². The highest BCUT2D eigenvalue weighted by Crippen LogP contribution is 2.30. The molecule has 5 nitrogen and oxygen atoms in total. The molecule has 0 radical (unpaired) electrons. The number of nitrogens with zero attached hydrogens (tertiary/aromatic N) is 2. The van der Waals surface area contributed by atoms with Gasteiger partial charge in [-0.2, -0.15) is 0 Å². The van der Waals surface area contributed by atoms with E-state index in [0.29, 0.717) is 29.3 Å². The number of aliphatic hydroxyl groups excluding tert-OH is 1. The van der Waals surface area contributed by atoms with Crippen molar-refractivity contribution in [1.29, 1.82) is 0 Å². The third kappa shape index (κ3) is 3.80. The maximum absolute atomic E-state index is 10.1. The van der Waals surface area contributed by atoms with Gasteiger partial charge in [-0.25, -0.2) is 0 Å². The molecule has 0 spiro atoms. The van der Waals surface area contributed by atoms with E-state index in [1.165, 1.54) is 0 Å². The molecule has 1 heterocycles. The molecule has 1 atom stereocenters. The third-order valence-electron chi connectivity index (χ3n) is 3.79. The fraction of sp³-hybridized carbons (Fsp3) is 0.438. The van der Waals surface area contributed by atoms with Crippen LogP contribution in [-0.2, 0) is 0 Å². The first-order valence-corrected chi connectivity index (χ1v) is 7.91. The molecule has 0 aliphatic rings. The van der Waals surface area contributed by atoms with Crippen molar-refractivity contribution in [2.45, 2.75) is 20.0 Å². The lowest BCUT2D eigenvalue weighted by Gasteiger charge is -2.22. The van der Waals surface area contributed by atoms with Crippen molar-refractivity contribution < 1.29 is 5.11 Å². The Morgan fingerprint density at radius 3 is 2.73 bits per heavy atom. The maximum atomic E-state index is 10.1. The average molecular weight is 323 g/mol. The van der Waals surface area contributed by atoms with Crippen LogP contribution >= 0.6 is 11.6 Å². The van der Waals surface area contributed by atoms with Crippen molar-refractivity contribution >= 4 is 33.9 Å². The van der Waals surface area contributed by atoms with Crippen LogP contribution in [0.2, 0.25) is 5.02 Å². The topological polar surface area (TPSA) is 74.4 Å². The molecule has 2 aromatic rings. The van der Waals surface area contributed by atoms with Gasteiger partial charge in [-0.1, -0.05) is 25.4 Å². The van der Waals surface area contributed by atoms with E-state index in [2.05, 4.69) is 29.0 Å². The SMILES string of the molecule is CCN(CC)C[C@@H](O)CNc1ccnc2c(N)c(Cl)ccc12. The van der Waals surface area contributed by atoms with Crippen molar-refractivity contribution in [3.63, 3.8) is 0 Å². The number of aliphatic hydroxyl groups is 1. The summed E-state index contributed by atoms with van der Waals surface area (Å²) >= 11 is 6.03. The Morgan fingerprint density at radius 1 is 1.32 bits per heavy atom. The number of anilines is 2. The summed E-state index contributed by atoms with van der Waals surface area (Å²) in [6.45, 7) is 7.16. The van der Waals surface area contributed by atoms with Crippen LogP contribution < -0.4 is 11.1 Å². The van der Waals surface area contributed by atoms with Crippen molar-refractivity contribution in [2.75, 3.05) is 37.2 Å². The van der Waals surface area contributed by atoms with E-state index in [1.54, 1.807) is 12.3 Å². The van der Waals surface area contributed by atoms with Gasteiger partial charge in [0.1, 0.15) is 0 Å². The minimum Gasteiger partial charge on any atom is -0.396 e. The lowest BCUT2D eigenvalue weighted by molar-refractivity contribution is 0.128. The Bertz CT molecular complexity index is 631. The quantitative estimate of drug-likeness (QED) is 0.683. The Labute approximate surface area is 136 Å². The second kappa shape index (κ2) is 7.63. The second-order valence-corrected chi connectivity index (χ2v) is 5.64. The third-order valence-corrected chi connectivity index (χ3v) is 4.12. The largest absolute Gasteiger partial charge is 0.396 e. The number of aromatic nitrogens is 1. The first-order valence-electron chi connectivity index (χ1n) is 7.53. The smallest absolute Gasteiger partial charge is 0.0967 e. The van der Waals surface area contributed by atoms with Crippen molar-refractivity contribution in [3.05, 3.63) is 29.4 Å². The van der Waals surface area contributed by atoms with Gasteiger partial charge >= 0.3 is 0 Å². The van der Waals surface area contributed by atoms with Gasteiger partial charge in [-0.3, -0.25) is 4.98 Å². The van der Waals surface area contributed by atoms with E-state index < -0.39 is 6.10 Å². The summed E-state index contributed by atoms with van der Waals surface area (Å²) in [5.41, 5.74) is 8.02. The number of hydrogen-bond acceptors (Lipinski definition) is 5. The summed E-state index contributed by atoms with van der Waals surface area (Å²) in [6.07, 6.45) is 1.25. The molecule has 0 aliphatic heterocycles. The van der Waals surface area contributed by atoms with Gasteiger partial charge in [0.2, 0.25) is 0 Å². The molecule has 0 unspecified atom stereocenters. The molecule has 22 heavy (non-hydrogen) atoms. The maximum Gasteiger partial charge on any atom is 0.0967 e. The zero-order valence-electron chi connectivity index (χ0n) is 13.0. The van der Waals surface area contributed by atoms with Gasteiger partial charge in [-0.15, -0.1) is 0 Å². The molecule has 120 valence electrons. The number of benzene rings is 1. The summed E-state index contributed by atoms with van der Waals surface area (Å²) in [5, 5.41) is 14.8. The molecule has 4 N–H and O–H groups in total. The molecule has 0 amide bonds. The normalized spacial score (nSPS) is 12.8. The molecular formula is C16H23ClN4O. The number of nitrogen functional groups attached to an aromatic ring is 1. The molecule has 0 saturated heterocycles. The van der Waals surface area contributed by atoms with Crippen molar-refractivity contribution in [2.24, 2.45) is 0 Å². The number of rotatable bonds is 7.